The third-order valence-corrected chi connectivity index (χ3v) is 6.67. The molecule has 9 heteroatoms. The van der Waals surface area contributed by atoms with Gasteiger partial charge in [0.2, 0.25) is 5.91 Å². The van der Waals surface area contributed by atoms with E-state index in [4.69, 9.17) is 5.73 Å². The Morgan fingerprint density at radius 3 is 2.29 bits per heavy atom. The van der Waals surface area contributed by atoms with Crippen molar-refractivity contribution < 1.29 is 9.59 Å². The number of nitrogens with zero attached hydrogens (tertiary/aromatic N) is 3. The molecule has 4 aromatic rings. The zero-order valence-electron chi connectivity index (χ0n) is 16.6. The zero-order valence-corrected chi connectivity index (χ0v) is 18.2. The molecule has 0 aliphatic carbocycles. The number of fused-ring (bicyclic) bond motifs is 1. The SMILES string of the molecule is NC(=O)c1nn(CC(=O)N(CCc2cccs2)Cc2cccs2)c(=O)c2ccccc12. The van der Waals surface area contributed by atoms with Crippen LogP contribution in [0.3, 0.4) is 0 Å². The Morgan fingerprint density at radius 2 is 1.65 bits per heavy atom. The van der Waals surface area contributed by atoms with E-state index in [9.17, 15) is 14.4 Å². The average molecular weight is 453 g/mol. The van der Waals surface area contributed by atoms with E-state index in [0.717, 1.165) is 16.0 Å². The summed E-state index contributed by atoms with van der Waals surface area (Å²) >= 11 is 3.22. The maximum absolute atomic E-state index is 13.2. The molecule has 0 atom stereocenters. The van der Waals surface area contributed by atoms with Crippen LogP contribution in [0.5, 0.6) is 0 Å². The van der Waals surface area contributed by atoms with Crippen molar-refractivity contribution in [2.24, 2.45) is 5.73 Å². The molecular weight excluding hydrogens is 432 g/mol. The first-order chi connectivity index (χ1) is 15.0. The molecular formula is C22H20N4O3S2. The minimum Gasteiger partial charge on any atom is -0.364 e. The molecule has 0 fully saturated rings. The molecule has 3 heterocycles. The summed E-state index contributed by atoms with van der Waals surface area (Å²) < 4.78 is 1.04. The van der Waals surface area contributed by atoms with Crippen LogP contribution in [-0.4, -0.2) is 33.0 Å². The number of thiophene rings is 2. The van der Waals surface area contributed by atoms with Gasteiger partial charge in [-0.3, -0.25) is 14.4 Å². The third-order valence-electron chi connectivity index (χ3n) is 4.87. The number of aromatic nitrogens is 2. The molecule has 7 nitrogen and oxygen atoms in total. The van der Waals surface area contributed by atoms with E-state index in [-0.39, 0.29) is 18.1 Å². The van der Waals surface area contributed by atoms with Crippen molar-refractivity contribution >= 4 is 45.3 Å². The summed E-state index contributed by atoms with van der Waals surface area (Å²) in [6.07, 6.45) is 0.724. The number of rotatable bonds is 8. The number of carbonyl (C=O) groups is 2. The predicted octanol–water partition coefficient (Wildman–Crippen LogP) is 2.89. The van der Waals surface area contributed by atoms with Crippen molar-refractivity contribution in [2.75, 3.05) is 6.54 Å². The van der Waals surface area contributed by atoms with Crippen molar-refractivity contribution in [2.45, 2.75) is 19.5 Å². The van der Waals surface area contributed by atoms with Crippen LogP contribution in [0.2, 0.25) is 0 Å². The van der Waals surface area contributed by atoms with E-state index in [1.54, 1.807) is 51.8 Å². The molecule has 2 amide bonds. The monoisotopic (exact) mass is 452 g/mol. The molecule has 0 spiro atoms. The fraction of sp³-hybridized carbons (Fsp3) is 0.182. The molecule has 1 aromatic carbocycles. The highest BCUT2D eigenvalue weighted by Crippen LogP contribution is 2.16. The fourth-order valence-electron chi connectivity index (χ4n) is 3.33. The quantitative estimate of drug-likeness (QED) is 0.444. The van der Waals surface area contributed by atoms with Gasteiger partial charge in [-0.1, -0.05) is 30.3 Å². The third kappa shape index (κ3) is 4.73. The highest BCUT2D eigenvalue weighted by molar-refractivity contribution is 7.10. The Kier molecular flexibility index (Phi) is 6.24. The van der Waals surface area contributed by atoms with Crippen LogP contribution in [0.25, 0.3) is 10.8 Å². The summed E-state index contributed by atoms with van der Waals surface area (Å²) in [7, 11) is 0. The van der Waals surface area contributed by atoms with Crippen molar-refractivity contribution in [1.82, 2.24) is 14.7 Å². The molecule has 2 N–H and O–H groups in total. The molecule has 0 unspecified atom stereocenters. The number of amides is 2. The van der Waals surface area contributed by atoms with Crippen molar-refractivity contribution in [3.05, 3.63) is 85.1 Å². The molecule has 31 heavy (non-hydrogen) atoms. The summed E-state index contributed by atoms with van der Waals surface area (Å²) in [4.78, 5) is 41.9. The number of benzene rings is 1. The lowest BCUT2D eigenvalue weighted by atomic mass is 10.1. The van der Waals surface area contributed by atoms with E-state index in [2.05, 4.69) is 5.10 Å². The lowest BCUT2D eigenvalue weighted by Crippen LogP contribution is -2.38. The minimum atomic E-state index is -0.745. The van der Waals surface area contributed by atoms with Gasteiger partial charge in [0, 0.05) is 21.7 Å². The highest BCUT2D eigenvalue weighted by Gasteiger charge is 2.20. The van der Waals surface area contributed by atoms with Gasteiger partial charge in [-0.05, 0) is 35.4 Å². The fourth-order valence-corrected chi connectivity index (χ4v) is 4.75. The zero-order chi connectivity index (χ0) is 21.8. The second kappa shape index (κ2) is 9.23. The molecule has 3 aromatic heterocycles. The first kappa shape index (κ1) is 21.0. The number of carbonyl (C=O) groups excluding carboxylic acids is 2. The lowest BCUT2D eigenvalue weighted by molar-refractivity contribution is -0.132. The van der Waals surface area contributed by atoms with Crippen LogP contribution in [0.4, 0.5) is 0 Å². The minimum absolute atomic E-state index is 0.0219. The van der Waals surface area contributed by atoms with Crippen molar-refractivity contribution in [1.29, 1.82) is 0 Å². The summed E-state index contributed by atoms with van der Waals surface area (Å²) in [6, 6.07) is 14.6. The topological polar surface area (TPSA) is 98.3 Å². The van der Waals surface area contributed by atoms with Crippen LogP contribution in [-0.2, 0) is 24.3 Å². The van der Waals surface area contributed by atoms with Gasteiger partial charge in [0.15, 0.2) is 5.69 Å². The molecule has 0 saturated carbocycles. The standard InChI is InChI=1S/C22H20N4O3S2/c23-21(28)20-17-7-1-2-8-18(17)22(29)26(24-20)14-19(27)25(13-16-6-4-12-31-16)10-9-15-5-3-11-30-15/h1-8,11-12H,9-10,13-14H2,(H2,23,28). The lowest BCUT2D eigenvalue weighted by Gasteiger charge is -2.22. The van der Waals surface area contributed by atoms with Crippen LogP contribution in [0.1, 0.15) is 20.2 Å². The average Bonchev–Trinajstić information content (AvgIpc) is 3.47. The van der Waals surface area contributed by atoms with Crippen LogP contribution >= 0.6 is 22.7 Å². The van der Waals surface area contributed by atoms with E-state index in [0.29, 0.717) is 23.9 Å². The van der Waals surface area contributed by atoms with Gasteiger partial charge < -0.3 is 10.6 Å². The van der Waals surface area contributed by atoms with Crippen LogP contribution in [0, 0.1) is 0 Å². The van der Waals surface area contributed by atoms with E-state index >= 15 is 0 Å². The number of hydrogen-bond donors (Lipinski definition) is 1. The molecule has 0 bridgehead atoms. The Labute approximate surface area is 186 Å². The first-order valence-corrected chi connectivity index (χ1v) is 11.4. The molecule has 0 aliphatic rings. The second-order valence-corrected chi connectivity index (χ2v) is 9.01. The first-order valence-electron chi connectivity index (χ1n) is 9.65. The normalized spacial score (nSPS) is 11.0. The number of nitrogens with two attached hydrogens (primary N) is 1. The maximum atomic E-state index is 13.2. The van der Waals surface area contributed by atoms with Gasteiger partial charge in [0.05, 0.1) is 11.9 Å². The van der Waals surface area contributed by atoms with Gasteiger partial charge in [0.25, 0.3) is 11.5 Å². The van der Waals surface area contributed by atoms with E-state index < -0.39 is 11.5 Å². The van der Waals surface area contributed by atoms with E-state index in [1.165, 1.54) is 4.88 Å². The van der Waals surface area contributed by atoms with Gasteiger partial charge in [-0.15, -0.1) is 22.7 Å². The molecule has 0 saturated heterocycles. The van der Waals surface area contributed by atoms with Crippen molar-refractivity contribution in [3.63, 3.8) is 0 Å². The maximum Gasteiger partial charge on any atom is 0.275 e. The van der Waals surface area contributed by atoms with Crippen LogP contribution in [0.15, 0.2) is 64.1 Å². The number of hydrogen-bond acceptors (Lipinski definition) is 6. The Morgan fingerprint density at radius 1 is 0.968 bits per heavy atom. The molecule has 0 aliphatic heterocycles. The van der Waals surface area contributed by atoms with Gasteiger partial charge in [-0.2, -0.15) is 5.10 Å². The summed E-state index contributed by atoms with van der Waals surface area (Å²) in [5, 5.41) is 8.78. The summed E-state index contributed by atoms with van der Waals surface area (Å²) in [5.41, 5.74) is 5.02. The second-order valence-electron chi connectivity index (χ2n) is 6.95. The Hall–Kier alpha value is -3.30. The van der Waals surface area contributed by atoms with Gasteiger partial charge in [0.1, 0.15) is 6.54 Å². The largest absolute Gasteiger partial charge is 0.364 e. The van der Waals surface area contributed by atoms with E-state index in [1.807, 2.05) is 35.0 Å². The molecule has 4 rings (SSSR count). The van der Waals surface area contributed by atoms with Gasteiger partial charge in [-0.25, -0.2) is 4.68 Å². The number of primary amides is 1. The predicted molar refractivity (Wildman–Crippen MR) is 122 cm³/mol. The molecule has 0 radical (unpaired) electrons. The van der Waals surface area contributed by atoms with Gasteiger partial charge >= 0.3 is 0 Å². The Balaban J connectivity index is 1.62. The summed E-state index contributed by atoms with van der Waals surface area (Å²) in [5.74, 6) is -0.990. The van der Waals surface area contributed by atoms with Crippen molar-refractivity contribution in [3.8, 4) is 0 Å². The summed E-state index contributed by atoms with van der Waals surface area (Å²) in [6.45, 7) is 0.703. The highest BCUT2D eigenvalue weighted by atomic mass is 32.1. The smallest absolute Gasteiger partial charge is 0.275 e. The molecule has 158 valence electrons. The Bertz CT molecular complexity index is 1260. The van der Waals surface area contributed by atoms with Crippen LogP contribution < -0.4 is 11.3 Å².